The minimum atomic E-state index is -0.0465. The molecule has 0 aromatic heterocycles. The predicted octanol–water partition coefficient (Wildman–Crippen LogP) is 1.35. The number of hydrogen-bond acceptors (Lipinski definition) is 3. The van der Waals surface area contributed by atoms with Gasteiger partial charge in [-0.1, -0.05) is 0 Å². The molecule has 3 N–H and O–H groups in total. The van der Waals surface area contributed by atoms with Crippen molar-refractivity contribution < 1.29 is 9.59 Å². The zero-order valence-corrected chi connectivity index (χ0v) is 11.6. The lowest BCUT2D eigenvalue weighted by Gasteiger charge is -2.15. The van der Waals surface area contributed by atoms with Gasteiger partial charge in [-0.3, -0.25) is 4.79 Å². The number of nitrogen functional groups attached to an aromatic ring is 1. The molecule has 1 aliphatic heterocycles. The van der Waals surface area contributed by atoms with Gasteiger partial charge in [-0.05, 0) is 30.7 Å². The highest BCUT2D eigenvalue weighted by Gasteiger charge is 2.24. The number of hydrogen-bond donors (Lipinski definition) is 2. The summed E-state index contributed by atoms with van der Waals surface area (Å²) in [7, 11) is 1.79. The summed E-state index contributed by atoms with van der Waals surface area (Å²) in [5.74, 6) is -0.0465. The first kappa shape index (κ1) is 14.2. The second-order valence-electron chi connectivity index (χ2n) is 4.96. The van der Waals surface area contributed by atoms with Crippen LogP contribution in [0.15, 0.2) is 24.3 Å². The molecular formula is C14H20N4O2. The Morgan fingerprint density at radius 2 is 2.00 bits per heavy atom. The van der Waals surface area contributed by atoms with Gasteiger partial charge in [0.05, 0.1) is 0 Å². The van der Waals surface area contributed by atoms with E-state index in [0.717, 1.165) is 18.8 Å². The molecule has 6 heteroatoms. The van der Waals surface area contributed by atoms with Crippen molar-refractivity contribution in [3.63, 3.8) is 0 Å². The number of nitrogens with two attached hydrogens (primary N) is 1. The van der Waals surface area contributed by atoms with Crippen LogP contribution in [0.2, 0.25) is 0 Å². The third kappa shape index (κ3) is 3.63. The first-order valence-electron chi connectivity index (χ1n) is 6.71. The molecule has 0 saturated carbocycles. The van der Waals surface area contributed by atoms with Crippen molar-refractivity contribution in [1.29, 1.82) is 0 Å². The number of urea groups is 1. The highest BCUT2D eigenvalue weighted by molar-refractivity contribution is 5.90. The topological polar surface area (TPSA) is 78.7 Å². The lowest BCUT2D eigenvalue weighted by Crippen LogP contribution is -2.30. The molecule has 6 nitrogen and oxygen atoms in total. The zero-order chi connectivity index (χ0) is 14.5. The van der Waals surface area contributed by atoms with Crippen molar-refractivity contribution in [3.8, 4) is 0 Å². The molecule has 1 aromatic carbocycles. The van der Waals surface area contributed by atoms with E-state index in [1.54, 1.807) is 41.1 Å². The number of nitrogens with one attached hydrogen (secondary N) is 1. The highest BCUT2D eigenvalue weighted by atomic mass is 16.2. The van der Waals surface area contributed by atoms with Gasteiger partial charge in [0.2, 0.25) is 5.91 Å². The second kappa shape index (κ2) is 6.27. The third-order valence-electron chi connectivity index (χ3n) is 3.33. The Morgan fingerprint density at radius 3 is 2.60 bits per heavy atom. The molecule has 1 aromatic rings. The van der Waals surface area contributed by atoms with Crippen LogP contribution < -0.4 is 11.1 Å². The predicted molar refractivity (Wildman–Crippen MR) is 78.3 cm³/mol. The zero-order valence-electron chi connectivity index (χ0n) is 11.6. The molecule has 0 atom stereocenters. The van der Waals surface area contributed by atoms with Crippen molar-refractivity contribution in [1.82, 2.24) is 9.80 Å². The van der Waals surface area contributed by atoms with Crippen LogP contribution in [0.1, 0.15) is 12.8 Å². The van der Waals surface area contributed by atoms with Gasteiger partial charge >= 0.3 is 6.03 Å². The van der Waals surface area contributed by atoms with E-state index in [2.05, 4.69) is 5.32 Å². The summed E-state index contributed by atoms with van der Waals surface area (Å²) in [4.78, 5) is 26.9. The monoisotopic (exact) mass is 276 g/mol. The number of anilines is 2. The maximum atomic E-state index is 11.8. The van der Waals surface area contributed by atoms with E-state index in [1.165, 1.54) is 0 Å². The van der Waals surface area contributed by atoms with Crippen LogP contribution in [-0.2, 0) is 4.79 Å². The minimum Gasteiger partial charge on any atom is -0.399 e. The van der Waals surface area contributed by atoms with Crippen molar-refractivity contribution in [2.24, 2.45) is 0 Å². The van der Waals surface area contributed by atoms with Gasteiger partial charge in [0.1, 0.15) is 0 Å². The van der Waals surface area contributed by atoms with E-state index in [1.807, 2.05) is 0 Å². The first-order chi connectivity index (χ1) is 9.56. The van der Waals surface area contributed by atoms with Gasteiger partial charge in [0.25, 0.3) is 0 Å². The van der Waals surface area contributed by atoms with Gasteiger partial charge in [0, 0.05) is 44.5 Å². The Balaban J connectivity index is 1.70. The molecular weight excluding hydrogens is 256 g/mol. The highest BCUT2D eigenvalue weighted by Crippen LogP contribution is 2.12. The summed E-state index contributed by atoms with van der Waals surface area (Å²) < 4.78 is 0. The van der Waals surface area contributed by atoms with Gasteiger partial charge < -0.3 is 20.9 Å². The van der Waals surface area contributed by atoms with Crippen molar-refractivity contribution in [2.75, 3.05) is 37.7 Å². The SMILES string of the molecule is CN1CCN(CCCC(=O)Nc2ccc(N)cc2)C1=O. The van der Waals surface area contributed by atoms with E-state index in [-0.39, 0.29) is 11.9 Å². The van der Waals surface area contributed by atoms with E-state index in [4.69, 9.17) is 5.73 Å². The van der Waals surface area contributed by atoms with Crippen molar-refractivity contribution in [3.05, 3.63) is 24.3 Å². The van der Waals surface area contributed by atoms with Gasteiger partial charge in [-0.15, -0.1) is 0 Å². The number of benzene rings is 1. The van der Waals surface area contributed by atoms with Gasteiger partial charge in [-0.25, -0.2) is 4.79 Å². The molecule has 0 bridgehead atoms. The Morgan fingerprint density at radius 1 is 1.30 bits per heavy atom. The van der Waals surface area contributed by atoms with Crippen LogP contribution in [0.25, 0.3) is 0 Å². The van der Waals surface area contributed by atoms with Crippen LogP contribution >= 0.6 is 0 Å². The summed E-state index contributed by atoms with van der Waals surface area (Å²) in [6.45, 7) is 2.13. The fourth-order valence-corrected chi connectivity index (χ4v) is 2.13. The Kier molecular flexibility index (Phi) is 4.45. The summed E-state index contributed by atoms with van der Waals surface area (Å²) in [5, 5.41) is 2.81. The largest absolute Gasteiger partial charge is 0.399 e. The van der Waals surface area contributed by atoms with E-state index in [0.29, 0.717) is 25.1 Å². The van der Waals surface area contributed by atoms with Crippen LogP contribution in [0.5, 0.6) is 0 Å². The minimum absolute atomic E-state index is 0.0453. The van der Waals surface area contributed by atoms with Gasteiger partial charge in [-0.2, -0.15) is 0 Å². The van der Waals surface area contributed by atoms with Crippen LogP contribution in [0, 0.1) is 0 Å². The van der Waals surface area contributed by atoms with Crippen LogP contribution in [-0.4, -0.2) is 48.4 Å². The number of carbonyl (C=O) groups excluding carboxylic acids is 2. The van der Waals surface area contributed by atoms with Gasteiger partial charge in [0.15, 0.2) is 0 Å². The molecule has 3 amide bonds. The van der Waals surface area contributed by atoms with Crippen LogP contribution in [0.3, 0.4) is 0 Å². The Hall–Kier alpha value is -2.24. The Labute approximate surface area is 118 Å². The average Bonchev–Trinajstić information content (AvgIpc) is 2.73. The maximum absolute atomic E-state index is 11.8. The standard InChI is InChI=1S/C14H20N4O2/c1-17-9-10-18(14(17)20)8-2-3-13(19)16-12-6-4-11(15)5-7-12/h4-7H,2-3,8-10,15H2,1H3,(H,16,19). The fraction of sp³-hybridized carbons (Fsp3) is 0.429. The van der Waals surface area contributed by atoms with E-state index < -0.39 is 0 Å². The lowest BCUT2D eigenvalue weighted by atomic mass is 10.2. The Bertz CT molecular complexity index is 486. The average molecular weight is 276 g/mol. The lowest BCUT2D eigenvalue weighted by molar-refractivity contribution is -0.116. The quantitative estimate of drug-likeness (QED) is 0.797. The number of rotatable bonds is 5. The maximum Gasteiger partial charge on any atom is 0.319 e. The molecule has 1 fully saturated rings. The van der Waals surface area contributed by atoms with Crippen LogP contribution in [0.4, 0.5) is 16.2 Å². The molecule has 1 saturated heterocycles. The molecule has 20 heavy (non-hydrogen) atoms. The fourth-order valence-electron chi connectivity index (χ4n) is 2.13. The molecule has 0 aliphatic carbocycles. The second-order valence-corrected chi connectivity index (χ2v) is 4.96. The molecule has 0 spiro atoms. The summed E-state index contributed by atoms with van der Waals surface area (Å²) in [6, 6.07) is 7.07. The number of likely N-dealkylation sites (N-methyl/N-ethyl adjacent to an activating group) is 1. The molecule has 1 heterocycles. The molecule has 108 valence electrons. The summed E-state index contributed by atoms with van der Waals surface area (Å²) in [5.41, 5.74) is 6.98. The number of amides is 3. The number of carbonyl (C=O) groups is 2. The smallest absolute Gasteiger partial charge is 0.319 e. The van der Waals surface area contributed by atoms with E-state index in [9.17, 15) is 9.59 Å². The summed E-state index contributed by atoms with van der Waals surface area (Å²) in [6.07, 6.45) is 1.07. The van der Waals surface area contributed by atoms with Crippen molar-refractivity contribution in [2.45, 2.75) is 12.8 Å². The molecule has 0 unspecified atom stereocenters. The molecule has 0 radical (unpaired) electrons. The number of nitrogens with zero attached hydrogens (tertiary/aromatic N) is 2. The molecule has 1 aliphatic rings. The summed E-state index contributed by atoms with van der Waals surface area (Å²) >= 11 is 0. The van der Waals surface area contributed by atoms with E-state index >= 15 is 0 Å². The normalized spacial score (nSPS) is 14.8. The third-order valence-corrected chi connectivity index (χ3v) is 3.33. The first-order valence-corrected chi connectivity index (χ1v) is 6.71. The molecule has 2 rings (SSSR count). The van der Waals surface area contributed by atoms with Crippen molar-refractivity contribution >= 4 is 23.3 Å².